The molecule has 0 amide bonds. The minimum atomic E-state index is 0.779. The van der Waals surface area contributed by atoms with Crippen LogP contribution in [-0.4, -0.2) is 49.2 Å². The highest BCUT2D eigenvalue weighted by atomic mass is 32.1. The monoisotopic (exact) mass is 282 g/mol. The summed E-state index contributed by atoms with van der Waals surface area (Å²) in [5, 5.41) is 3.23. The smallest absolute Gasteiger partial charge is 0.185 e. The van der Waals surface area contributed by atoms with Gasteiger partial charge in [0.1, 0.15) is 0 Å². The minimum absolute atomic E-state index is 0.779. The molecule has 1 aliphatic rings. The normalized spacial score (nSPS) is 18.7. The number of nitrogens with two attached hydrogens (primary N) is 1. The van der Waals surface area contributed by atoms with Crippen molar-refractivity contribution < 1.29 is 0 Å². The Morgan fingerprint density at radius 3 is 2.74 bits per heavy atom. The topological polar surface area (TPSA) is 45.4 Å². The van der Waals surface area contributed by atoms with Crippen LogP contribution in [0.4, 0.5) is 5.13 Å². The van der Waals surface area contributed by atoms with E-state index in [0.717, 1.165) is 32.0 Å². The van der Waals surface area contributed by atoms with Crippen molar-refractivity contribution in [2.45, 2.75) is 26.2 Å². The van der Waals surface area contributed by atoms with Gasteiger partial charge in [-0.15, -0.1) is 11.3 Å². The van der Waals surface area contributed by atoms with Gasteiger partial charge in [0.2, 0.25) is 0 Å². The summed E-state index contributed by atoms with van der Waals surface area (Å²) in [5.74, 6) is 0.779. The first-order valence-electron chi connectivity index (χ1n) is 7.36. The maximum atomic E-state index is 5.58. The van der Waals surface area contributed by atoms with Crippen molar-refractivity contribution in [1.82, 2.24) is 9.88 Å². The van der Waals surface area contributed by atoms with E-state index in [9.17, 15) is 0 Å². The van der Waals surface area contributed by atoms with Gasteiger partial charge in [0.05, 0.1) is 0 Å². The number of hydrogen-bond donors (Lipinski definition) is 1. The molecule has 0 aromatic carbocycles. The molecule has 2 N–H and O–H groups in total. The fourth-order valence-corrected chi connectivity index (χ4v) is 3.32. The summed E-state index contributed by atoms with van der Waals surface area (Å²) in [4.78, 5) is 9.37. The van der Waals surface area contributed by atoms with Gasteiger partial charge in [0.25, 0.3) is 0 Å². The summed E-state index contributed by atoms with van der Waals surface area (Å²) in [7, 11) is 0. The highest BCUT2D eigenvalue weighted by Gasteiger charge is 2.18. The molecule has 2 heterocycles. The van der Waals surface area contributed by atoms with Crippen molar-refractivity contribution in [1.29, 1.82) is 0 Å². The third-order valence-corrected chi connectivity index (χ3v) is 4.73. The molecule has 0 radical (unpaired) electrons. The Morgan fingerprint density at radius 1 is 1.32 bits per heavy atom. The standard InChI is InChI=1S/C14H26N4S/c1-13(4-5-15)3-2-7-17-8-10-18(11-9-17)14-16-6-12-19-14/h6,12-13H,2-5,7-11,15H2,1H3. The second-order valence-corrected chi connectivity index (χ2v) is 6.34. The predicted molar refractivity (Wildman–Crippen MR) is 82.8 cm³/mol. The molecule has 4 nitrogen and oxygen atoms in total. The second-order valence-electron chi connectivity index (χ2n) is 5.47. The molecule has 0 saturated carbocycles. The van der Waals surface area contributed by atoms with E-state index in [1.54, 1.807) is 11.3 Å². The first-order valence-corrected chi connectivity index (χ1v) is 8.24. The van der Waals surface area contributed by atoms with Crippen molar-refractivity contribution in [3.8, 4) is 0 Å². The average molecular weight is 282 g/mol. The minimum Gasteiger partial charge on any atom is -0.346 e. The van der Waals surface area contributed by atoms with E-state index in [1.165, 1.54) is 37.6 Å². The number of rotatable bonds is 7. The van der Waals surface area contributed by atoms with Crippen molar-refractivity contribution in [2.24, 2.45) is 11.7 Å². The second kappa shape index (κ2) is 7.82. The van der Waals surface area contributed by atoms with Gasteiger partial charge < -0.3 is 10.6 Å². The van der Waals surface area contributed by atoms with Gasteiger partial charge >= 0.3 is 0 Å². The lowest BCUT2D eigenvalue weighted by Crippen LogP contribution is -2.46. The average Bonchev–Trinajstić information content (AvgIpc) is 2.94. The molecular formula is C14H26N4S. The number of nitrogens with zero attached hydrogens (tertiary/aromatic N) is 3. The van der Waals surface area contributed by atoms with Crippen molar-refractivity contribution in [3.63, 3.8) is 0 Å². The highest BCUT2D eigenvalue weighted by Crippen LogP contribution is 2.19. The van der Waals surface area contributed by atoms with Gasteiger partial charge in [-0.2, -0.15) is 0 Å². The van der Waals surface area contributed by atoms with Gasteiger partial charge in [0, 0.05) is 37.8 Å². The van der Waals surface area contributed by atoms with Crippen LogP contribution in [0.15, 0.2) is 11.6 Å². The Balaban J connectivity index is 1.61. The Morgan fingerprint density at radius 2 is 2.11 bits per heavy atom. The van der Waals surface area contributed by atoms with Gasteiger partial charge in [0.15, 0.2) is 5.13 Å². The van der Waals surface area contributed by atoms with Crippen LogP contribution in [0.2, 0.25) is 0 Å². The molecule has 5 heteroatoms. The van der Waals surface area contributed by atoms with Crippen LogP contribution < -0.4 is 10.6 Å². The Bertz CT molecular complexity index is 333. The molecule has 19 heavy (non-hydrogen) atoms. The quantitative estimate of drug-likeness (QED) is 0.831. The summed E-state index contributed by atoms with van der Waals surface area (Å²) in [6.45, 7) is 8.95. The molecule has 1 saturated heterocycles. The molecular weight excluding hydrogens is 256 g/mol. The number of hydrogen-bond acceptors (Lipinski definition) is 5. The van der Waals surface area contributed by atoms with Crippen LogP contribution >= 0.6 is 11.3 Å². The molecule has 0 aliphatic carbocycles. The summed E-state index contributed by atoms with van der Waals surface area (Å²) in [6, 6.07) is 0. The van der Waals surface area contributed by atoms with Gasteiger partial charge in [-0.05, 0) is 38.3 Å². The zero-order valence-corrected chi connectivity index (χ0v) is 12.7. The van der Waals surface area contributed by atoms with Crippen LogP contribution in [0.5, 0.6) is 0 Å². The lowest BCUT2D eigenvalue weighted by Gasteiger charge is -2.34. The van der Waals surface area contributed by atoms with Crippen LogP contribution in [0.25, 0.3) is 0 Å². The molecule has 1 unspecified atom stereocenters. The Kier molecular flexibility index (Phi) is 6.07. The third-order valence-electron chi connectivity index (χ3n) is 3.89. The summed E-state index contributed by atoms with van der Waals surface area (Å²) < 4.78 is 0. The lowest BCUT2D eigenvalue weighted by molar-refractivity contribution is 0.247. The molecule has 1 atom stereocenters. The zero-order chi connectivity index (χ0) is 13.5. The van der Waals surface area contributed by atoms with Gasteiger partial charge in [-0.1, -0.05) is 6.92 Å². The maximum absolute atomic E-state index is 5.58. The molecule has 2 rings (SSSR count). The van der Waals surface area contributed by atoms with E-state index >= 15 is 0 Å². The third kappa shape index (κ3) is 4.75. The molecule has 108 valence electrons. The van der Waals surface area contributed by atoms with E-state index in [-0.39, 0.29) is 0 Å². The largest absolute Gasteiger partial charge is 0.346 e. The maximum Gasteiger partial charge on any atom is 0.185 e. The summed E-state index contributed by atoms with van der Waals surface area (Å²) >= 11 is 1.74. The van der Waals surface area contributed by atoms with Crippen LogP contribution in [-0.2, 0) is 0 Å². The predicted octanol–water partition coefficient (Wildman–Crippen LogP) is 2.03. The molecule has 1 aromatic heterocycles. The molecule has 0 spiro atoms. The molecule has 0 bridgehead atoms. The first-order chi connectivity index (χ1) is 9.29. The highest BCUT2D eigenvalue weighted by molar-refractivity contribution is 7.13. The number of anilines is 1. The lowest BCUT2D eigenvalue weighted by atomic mass is 10.0. The van der Waals surface area contributed by atoms with Gasteiger partial charge in [-0.3, -0.25) is 4.90 Å². The van der Waals surface area contributed by atoms with E-state index < -0.39 is 0 Å². The summed E-state index contributed by atoms with van der Waals surface area (Å²) in [5.41, 5.74) is 5.58. The van der Waals surface area contributed by atoms with Crippen molar-refractivity contribution in [3.05, 3.63) is 11.6 Å². The zero-order valence-electron chi connectivity index (χ0n) is 11.9. The van der Waals surface area contributed by atoms with E-state index in [4.69, 9.17) is 5.73 Å². The SMILES string of the molecule is CC(CCN)CCCN1CCN(c2nccs2)CC1. The van der Waals surface area contributed by atoms with Gasteiger partial charge in [-0.25, -0.2) is 4.98 Å². The van der Waals surface area contributed by atoms with Crippen LogP contribution in [0.1, 0.15) is 26.2 Å². The van der Waals surface area contributed by atoms with Crippen LogP contribution in [0, 0.1) is 5.92 Å². The fraction of sp³-hybridized carbons (Fsp3) is 0.786. The van der Waals surface area contributed by atoms with E-state index in [0.29, 0.717) is 0 Å². The van der Waals surface area contributed by atoms with Crippen molar-refractivity contribution in [2.75, 3.05) is 44.2 Å². The number of thiazole rings is 1. The Labute approximate surface area is 120 Å². The first kappa shape index (κ1) is 14.8. The fourth-order valence-electron chi connectivity index (χ4n) is 2.63. The number of aromatic nitrogens is 1. The number of piperazine rings is 1. The molecule has 1 fully saturated rings. The Hall–Kier alpha value is -0.650. The summed E-state index contributed by atoms with van der Waals surface area (Å²) in [6.07, 6.45) is 5.67. The van der Waals surface area contributed by atoms with E-state index in [1.807, 2.05) is 6.20 Å². The van der Waals surface area contributed by atoms with E-state index in [2.05, 4.69) is 27.1 Å². The van der Waals surface area contributed by atoms with Crippen LogP contribution in [0.3, 0.4) is 0 Å². The molecule has 1 aromatic rings. The van der Waals surface area contributed by atoms with Crippen molar-refractivity contribution >= 4 is 16.5 Å². The molecule has 1 aliphatic heterocycles.